The summed E-state index contributed by atoms with van der Waals surface area (Å²) in [7, 11) is 0. The zero-order valence-electron chi connectivity index (χ0n) is 5.68. The van der Waals surface area contributed by atoms with Gasteiger partial charge in [0.2, 0.25) is 0 Å². The molecule has 0 saturated heterocycles. The molecule has 0 spiro atoms. The van der Waals surface area contributed by atoms with Gasteiger partial charge in [0.05, 0.1) is 17.0 Å². The predicted molar refractivity (Wildman–Crippen MR) is 84.6 cm³/mol. The number of benzene rings is 1. The molecule has 1 rings (SSSR count). The number of hydrogen-bond acceptors (Lipinski definition) is 1. The quantitative estimate of drug-likeness (QED) is 0.202. The monoisotopic (exact) mass is 657 g/mol. The molecule has 7 heteroatoms. The average Bonchev–Trinajstić information content (AvgIpc) is 2.13. The fraction of sp³-hybridized carbons (Fsp3) is 0. The maximum Gasteiger partial charge on any atom is 0.192 e. The average molecular weight is 661 g/mol. The molecule has 0 radical (unpaired) electrons. The SMILES string of the molecule is Brc1c(Br)c(Br)c(OI)c(I)c1Br. The Hall–Kier alpha value is 2.40. The number of hydrogen-bond donors (Lipinski definition) is 0. The molecule has 0 aliphatic rings. The van der Waals surface area contributed by atoms with Crippen LogP contribution in [-0.4, -0.2) is 0 Å². The maximum absolute atomic E-state index is 5.23. The van der Waals surface area contributed by atoms with Gasteiger partial charge in [0, 0.05) is 4.47 Å². The largest absolute Gasteiger partial charge is 0.425 e. The zero-order chi connectivity index (χ0) is 10.2. The smallest absolute Gasteiger partial charge is 0.192 e. The molecular formula is C6Br4I2O. The molecular weight excluding hydrogens is 661 g/mol. The molecule has 1 nitrogen and oxygen atoms in total. The van der Waals surface area contributed by atoms with E-state index < -0.39 is 0 Å². The molecule has 1 aromatic carbocycles. The Labute approximate surface area is 137 Å². The topological polar surface area (TPSA) is 9.23 Å². The van der Waals surface area contributed by atoms with Gasteiger partial charge in [0.1, 0.15) is 0 Å². The fourth-order valence-electron chi connectivity index (χ4n) is 0.652. The van der Waals surface area contributed by atoms with E-state index in [2.05, 4.69) is 86.3 Å². The second kappa shape index (κ2) is 5.65. The lowest BCUT2D eigenvalue weighted by molar-refractivity contribution is 0.703. The van der Waals surface area contributed by atoms with Gasteiger partial charge in [-0.3, -0.25) is 0 Å². The van der Waals surface area contributed by atoms with Crippen LogP contribution in [0.5, 0.6) is 5.75 Å². The minimum atomic E-state index is 0.808. The highest BCUT2D eigenvalue weighted by Gasteiger charge is 2.18. The third-order valence-electron chi connectivity index (χ3n) is 1.25. The van der Waals surface area contributed by atoms with Crippen molar-refractivity contribution in [3.8, 4) is 5.75 Å². The first-order valence-electron chi connectivity index (χ1n) is 2.80. The van der Waals surface area contributed by atoms with Gasteiger partial charge < -0.3 is 3.07 Å². The van der Waals surface area contributed by atoms with E-state index in [1.807, 2.05) is 23.0 Å². The van der Waals surface area contributed by atoms with Gasteiger partial charge in [-0.25, -0.2) is 0 Å². The van der Waals surface area contributed by atoms with Crippen molar-refractivity contribution < 1.29 is 3.07 Å². The molecule has 0 aliphatic carbocycles. The highest BCUT2D eigenvalue weighted by Crippen LogP contribution is 2.46. The van der Waals surface area contributed by atoms with Crippen LogP contribution in [0.3, 0.4) is 0 Å². The van der Waals surface area contributed by atoms with E-state index in [9.17, 15) is 0 Å². The molecule has 0 bridgehead atoms. The predicted octanol–water partition coefficient (Wildman–Crippen LogP) is 6.07. The van der Waals surface area contributed by atoms with E-state index in [0.29, 0.717) is 0 Å². The molecule has 0 atom stereocenters. The summed E-state index contributed by atoms with van der Waals surface area (Å²) in [4.78, 5) is 0. The minimum absolute atomic E-state index is 0.808. The molecule has 0 unspecified atom stereocenters. The van der Waals surface area contributed by atoms with Crippen molar-refractivity contribution in [2.75, 3.05) is 0 Å². The Kier molecular flexibility index (Phi) is 5.85. The van der Waals surface area contributed by atoms with E-state index in [1.165, 1.54) is 0 Å². The van der Waals surface area contributed by atoms with Crippen LogP contribution >= 0.6 is 109 Å². The molecule has 0 N–H and O–H groups in total. The Morgan fingerprint density at radius 2 is 1.31 bits per heavy atom. The maximum atomic E-state index is 5.23. The van der Waals surface area contributed by atoms with Crippen LogP contribution in [0.4, 0.5) is 0 Å². The summed E-state index contributed by atoms with van der Waals surface area (Å²) in [5.41, 5.74) is 0. The van der Waals surface area contributed by atoms with Gasteiger partial charge in [-0.15, -0.1) is 0 Å². The molecule has 0 aromatic heterocycles. The summed E-state index contributed by atoms with van der Waals surface area (Å²) in [5, 5.41) is 0. The summed E-state index contributed by atoms with van der Waals surface area (Å²) >= 11 is 17.9. The van der Waals surface area contributed by atoms with Crippen LogP contribution in [0, 0.1) is 3.57 Å². The van der Waals surface area contributed by atoms with Gasteiger partial charge in [-0.05, 0) is 86.3 Å². The molecule has 0 aliphatic heterocycles. The third kappa shape index (κ3) is 2.75. The van der Waals surface area contributed by atoms with E-state index in [0.717, 1.165) is 27.2 Å². The Balaban J connectivity index is 3.56. The zero-order valence-corrected chi connectivity index (χ0v) is 16.3. The summed E-state index contributed by atoms with van der Waals surface area (Å²) in [6, 6.07) is 0. The van der Waals surface area contributed by atoms with Gasteiger partial charge in [-0.1, -0.05) is 0 Å². The Morgan fingerprint density at radius 1 is 0.846 bits per heavy atom. The van der Waals surface area contributed by atoms with Crippen molar-refractivity contribution in [1.82, 2.24) is 0 Å². The fourth-order valence-corrected chi connectivity index (χ4v) is 5.37. The normalized spacial score (nSPS) is 10.3. The summed E-state index contributed by atoms with van der Waals surface area (Å²) in [6.07, 6.45) is 0. The first-order chi connectivity index (χ1) is 6.00. The summed E-state index contributed by atoms with van der Waals surface area (Å²) in [6.45, 7) is 0. The summed E-state index contributed by atoms with van der Waals surface area (Å²) < 4.78 is 10.0. The number of halogens is 6. The van der Waals surface area contributed by atoms with Crippen LogP contribution in [-0.2, 0) is 0 Å². The van der Waals surface area contributed by atoms with Crippen LogP contribution in [0.25, 0.3) is 0 Å². The molecule has 0 saturated carbocycles. The van der Waals surface area contributed by atoms with Crippen molar-refractivity contribution >= 4 is 109 Å². The van der Waals surface area contributed by atoms with Crippen molar-refractivity contribution in [1.29, 1.82) is 0 Å². The van der Waals surface area contributed by atoms with Gasteiger partial charge >= 0.3 is 0 Å². The van der Waals surface area contributed by atoms with Crippen LogP contribution in [0.2, 0.25) is 0 Å². The lowest BCUT2D eigenvalue weighted by atomic mass is 10.3. The van der Waals surface area contributed by atoms with Crippen LogP contribution in [0.1, 0.15) is 0 Å². The Bertz CT molecular complexity index is 326. The lowest BCUT2D eigenvalue weighted by Gasteiger charge is -2.10. The van der Waals surface area contributed by atoms with Crippen LogP contribution < -0.4 is 3.07 Å². The van der Waals surface area contributed by atoms with Gasteiger partial charge in [0.15, 0.2) is 28.8 Å². The van der Waals surface area contributed by atoms with E-state index >= 15 is 0 Å². The minimum Gasteiger partial charge on any atom is -0.425 e. The highest BCUT2D eigenvalue weighted by molar-refractivity contribution is 14.1. The molecule has 13 heavy (non-hydrogen) atoms. The first kappa shape index (κ1) is 13.5. The van der Waals surface area contributed by atoms with E-state index in [4.69, 9.17) is 3.07 Å². The van der Waals surface area contributed by atoms with Crippen LogP contribution in [0.15, 0.2) is 17.9 Å². The molecule has 0 amide bonds. The van der Waals surface area contributed by atoms with Crippen molar-refractivity contribution in [2.24, 2.45) is 0 Å². The second-order valence-electron chi connectivity index (χ2n) is 1.98. The molecule has 1 aromatic rings. The lowest BCUT2D eigenvalue weighted by Crippen LogP contribution is -1.88. The molecule has 72 valence electrons. The Morgan fingerprint density at radius 3 is 1.77 bits per heavy atom. The standard InChI is InChI=1S/C6Br4I2O/c7-1-2(8)4(10)6(13-12)5(11)3(1)9. The van der Waals surface area contributed by atoms with E-state index in [1.54, 1.807) is 0 Å². The van der Waals surface area contributed by atoms with Gasteiger partial charge in [0.25, 0.3) is 0 Å². The highest BCUT2D eigenvalue weighted by atomic mass is 127. The third-order valence-corrected chi connectivity index (χ3v) is 8.19. The number of rotatable bonds is 1. The molecule has 0 heterocycles. The molecule has 0 fully saturated rings. The van der Waals surface area contributed by atoms with E-state index in [-0.39, 0.29) is 0 Å². The first-order valence-corrected chi connectivity index (χ1v) is 7.93. The van der Waals surface area contributed by atoms with Crippen molar-refractivity contribution in [2.45, 2.75) is 0 Å². The summed E-state index contributed by atoms with van der Waals surface area (Å²) in [5.74, 6) is 0.808. The van der Waals surface area contributed by atoms with Crippen molar-refractivity contribution in [3.63, 3.8) is 0 Å². The van der Waals surface area contributed by atoms with Gasteiger partial charge in [-0.2, -0.15) is 0 Å². The van der Waals surface area contributed by atoms with Crippen molar-refractivity contribution in [3.05, 3.63) is 21.5 Å². The second-order valence-corrected chi connectivity index (χ2v) is 6.67.